The molecule has 3 fully saturated rings. The monoisotopic (exact) mass is 980 g/mol. The summed E-state index contributed by atoms with van der Waals surface area (Å²) >= 11 is 0. The zero-order valence-electron chi connectivity index (χ0n) is 42.0. The summed E-state index contributed by atoms with van der Waals surface area (Å²) in [6.07, 6.45) is 4.93. The summed E-state index contributed by atoms with van der Waals surface area (Å²) in [5.41, 5.74) is 1.05. The van der Waals surface area contributed by atoms with Crippen molar-refractivity contribution in [3.8, 4) is 46.0 Å². The molecule has 2 amide bonds. The number of amides is 2. The molecule has 0 atom stereocenters. The number of likely N-dealkylation sites (tertiary alicyclic amines) is 2. The molecule has 1 N–H and O–H groups in total. The van der Waals surface area contributed by atoms with Crippen LogP contribution in [0.15, 0.2) is 72.8 Å². The number of carbonyl (C=O) groups excluding carboxylic acids is 2. The van der Waals surface area contributed by atoms with Crippen molar-refractivity contribution in [3.63, 3.8) is 0 Å². The van der Waals surface area contributed by atoms with Crippen LogP contribution < -0.4 is 37.9 Å². The molecule has 7 heterocycles. The maximum atomic E-state index is 12.6. The highest BCUT2D eigenvalue weighted by atomic mass is 16.7. The fourth-order valence-corrected chi connectivity index (χ4v) is 10.3. The van der Waals surface area contributed by atoms with Crippen molar-refractivity contribution >= 4 is 12.2 Å². The van der Waals surface area contributed by atoms with Crippen LogP contribution in [0, 0.1) is 11.8 Å². The summed E-state index contributed by atoms with van der Waals surface area (Å²) in [6, 6.07) is 23.5. The third kappa shape index (κ3) is 11.0. The van der Waals surface area contributed by atoms with Crippen molar-refractivity contribution in [2.75, 3.05) is 66.6 Å². The first-order valence-electron chi connectivity index (χ1n) is 24.8. The van der Waals surface area contributed by atoms with E-state index in [1.54, 1.807) is 4.90 Å². The number of benzene rings is 4. The molecule has 0 aromatic heterocycles. The Hall–Kier alpha value is -6.26. The van der Waals surface area contributed by atoms with E-state index in [0.29, 0.717) is 79.1 Å². The topological polar surface area (TPSA) is 162 Å². The lowest BCUT2D eigenvalue weighted by Gasteiger charge is -2.43. The van der Waals surface area contributed by atoms with Gasteiger partial charge >= 0.3 is 12.2 Å². The third-order valence-corrected chi connectivity index (χ3v) is 14.1. The molecule has 0 saturated carbocycles. The van der Waals surface area contributed by atoms with Crippen molar-refractivity contribution in [1.29, 1.82) is 0 Å². The molecule has 0 aliphatic carbocycles. The minimum absolute atomic E-state index is 0.142. The minimum Gasteiger partial charge on any atom is -0.454 e. The Balaban J connectivity index is 0.000000160. The molecule has 0 spiro atoms. The largest absolute Gasteiger partial charge is 0.454 e. The van der Waals surface area contributed by atoms with Gasteiger partial charge in [-0.15, -0.1) is 0 Å². The van der Waals surface area contributed by atoms with E-state index in [2.05, 4.69) is 31.2 Å². The summed E-state index contributed by atoms with van der Waals surface area (Å²) in [6.45, 7) is 18.7. The fourth-order valence-electron chi connectivity index (χ4n) is 10.3. The van der Waals surface area contributed by atoms with Crippen molar-refractivity contribution in [1.82, 2.24) is 9.80 Å². The van der Waals surface area contributed by atoms with Gasteiger partial charge in [0.2, 0.25) is 27.2 Å². The zero-order chi connectivity index (χ0) is 50.0. The average molecular weight is 981 g/mol. The van der Waals surface area contributed by atoms with Gasteiger partial charge in [0.1, 0.15) is 16.8 Å². The highest BCUT2D eigenvalue weighted by Gasteiger charge is 2.45. The molecule has 7 aliphatic rings. The quantitative estimate of drug-likeness (QED) is 0.194. The first-order valence-corrected chi connectivity index (χ1v) is 24.8. The smallest absolute Gasteiger partial charge is 0.410 e. The number of piperidine rings is 2. The Morgan fingerprint density at radius 3 is 1.10 bits per heavy atom. The van der Waals surface area contributed by atoms with E-state index in [1.807, 2.05) is 95.0 Å². The van der Waals surface area contributed by atoms with Gasteiger partial charge in [-0.25, -0.2) is 9.59 Å². The van der Waals surface area contributed by atoms with Gasteiger partial charge in [-0.1, -0.05) is 31.2 Å². The Morgan fingerprint density at radius 1 is 0.465 bits per heavy atom. The SMILES string of the molecule is C1CCOC1.CC(C)(C)OC(=O)N1CCC(C(C)(c2ccc3c(c2)OCO3)c2ccc3c(c2)OCO3)CC1.CC(C)(C)OC(=O)N1CCC(C(O)(c2ccc3c(c2)OCO3)c2ccc3c(c2)OCO3)CC1. The minimum atomic E-state index is -1.32. The summed E-state index contributed by atoms with van der Waals surface area (Å²) in [5.74, 6) is 5.78. The fraction of sp³-hybridized carbons (Fsp3) is 0.527. The van der Waals surface area contributed by atoms with Gasteiger partial charge in [-0.2, -0.15) is 0 Å². The second kappa shape index (κ2) is 20.5. The highest BCUT2D eigenvalue weighted by molar-refractivity contribution is 5.69. The zero-order valence-corrected chi connectivity index (χ0v) is 42.0. The number of aliphatic hydroxyl groups is 1. The Kier molecular flexibility index (Phi) is 14.3. The molecule has 382 valence electrons. The lowest BCUT2D eigenvalue weighted by atomic mass is 9.64. The van der Waals surface area contributed by atoms with Crippen molar-refractivity contribution in [2.45, 2.75) is 109 Å². The maximum Gasteiger partial charge on any atom is 0.410 e. The summed E-state index contributed by atoms with van der Waals surface area (Å²) in [7, 11) is 0. The summed E-state index contributed by atoms with van der Waals surface area (Å²) in [4.78, 5) is 28.7. The van der Waals surface area contributed by atoms with Crippen molar-refractivity contribution in [2.24, 2.45) is 11.8 Å². The predicted octanol–water partition coefficient (Wildman–Crippen LogP) is 9.92. The van der Waals surface area contributed by atoms with Crippen LogP contribution in [0.2, 0.25) is 0 Å². The van der Waals surface area contributed by atoms with Gasteiger partial charge in [-0.05, 0) is 163 Å². The molecule has 3 saturated heterocycles. The lowest BCUT2D eigenvalue weighted by molar-refractivity contribution is -0.0239. The first-order chi connectivity index (χ1) is 34.0. The number of nitrogens with zero attached hydrogens (tertiary/aromatic N) is 2. The van der Waals surface area contributed by atoms with Gasteiger partial charge in [-0.3, -0.25) is 0 Å². The molecule has 4 aromatic carbocycles. The van der Waals surface area contributed by atoms with Crippen molar-refractivity contribution < 1.29 is 66.8 Å². The molecule has 11 rings (SSSR count). The number of fused-ring (bicyclic) bond motifs is 4. The molecule has 0 radical (unpaired) electrons. The maximum absolute atomic E-state index is 12.6. The van der Waals surface area contributed by atoms with E-state index in [-0.39, 0.29) is 50.7 Å². The number of hydrogen-bond acceptors (Lipinski definition) is 14. The molecule has 7 aliphatic heterocycles. The van der Waals surface area contributed by atoms with Crippen LogP contribution in [0.3, 0.4) is 0 Å². The van der Waals surface area contributed by atoms with E-state index in [9.17, 15) is 14.7 Å². The second-order valence-corrected chi connectivity index (χ2v) is 21.0. The van der Waals surface area contributed by atoms with Crippen LogP contribution in [0.4, 0.5) is 9.59 Å². The Morgan fingerprint density at radius 2 is 0.775 bits per heavy atom. The van der Waals surface area contributed by atoms with Gasteiger partial charge in [0.05, 0.1) is 0 Å². The Bertz CT molecular complexity index is 2240. The molecule has 4 aromatic rings. The first kappa shape index (κ1) is 49.7. The van der Waals surface area contributed by atoms with Crippen LogP contribution in [-0.2, 0) is 25.2 Å². The highest BCUT2D eigenvalue weighted by Crippen LogP contribution is 2.50. The van der Waals surface area contributed by atoms with Gasteiger partial charge in [0.25, 0.3) is 0 Å². The van der Waals surface area contributed by atoms with Crippen molar-refractivity contribution in [3.05, 3.63) is 95.1 Å². The molecular weight excluding hydrogens is 913 g/mol. The van der Waals surface area contributed by atoms with E-state index >= 15 is 0 Å². The van der Waals surface area contributed by atoms with E-state index in [0.717, 1.165) is 60.2 Å². The van der Waals surface area contributed by atoms with Crippen LogP contribution in [-0.4, -0.2) is 105 Å². The van der Waals surface area contributed by atoms with Gasteiger partial charge in [0, 0.05) is 44.8 Å². The molecule has 16 nitrogen and oxygen atoms in total. The van der Waals surface area contributed by atoms with E-state index in [1.165, 1.54) is 12.8 Å². The van der Waals surface area contributed by atoms with Gasteiger partial charge < -0.3 is 67.0 Å². The molecule has 0 bridgehead atoms. The number of rotatable bonds is 6. The summed E-state index contributed by atoms with van der Waals surface area (Å²) in [5, 5.41) is 12.3. The number of hydrogen-bond donors (Lipinski definition) is 1. The molecule has 0 unspecified atom stereocenters. The third-order valence-electron chi connectivity index (χ3n) is 14.1. The Labute approximate surface area is 416 Å². The van der Waals surface area contributed by atoms with Crippen LogP contribution in [0.25, 0.3) is 0 Å². The standard InChI is InChI=1S/C26H31NO6.C25H29NO7.C4H8O/c1-25(2,3)33-24(28)27-11-9-17(10-12-27)26(4,18-5-7-20-22(13-18)31-15-29-20)19-6-8-21-23(14-19)32-16-30-21;1-24(2,3)33-23(27)26-10-8-16(9-11-26)25(28,17-4-6-19-21(12-17)31-14-29-19)18-5-7-20-22(13-18)32-15-30-20;1-2-4-5-3-1/h5-8,13-14,17H,9-12,15-16H2,1-4H3;4-7,12-13,16,28H,8-11,14-15H2,1-3H3;1-4H2. The van der Waals surface area contributed by atoms with Crippen LogP contribution in [0.1, 0.15) is 109 Å². The second-order valence-electron chi connectivity index (χ2n) is 21.0. The lowest BCUT2D eigenvalue weighted by Crippen LogP contribution is -2.47. The van der Waals surface area contributed by atoms with Crippen LogP contribution in [0.5, 0.6) is 46.0 Å². The van der Waals surface area contributed by atoms with E-state index < -0.39 is 16.8 Å². The normalized spacial score (nSPS) is 18.3. The average Bonchev–Trinajstić information content (AvgIpc) is 4.23. The number of carbonyl (C=O) groups is 2. The number of ether oxygens (including phenoxy) is 11. The van der Waals surface area contributed by atoms with E-state index in [4.69, 9.17) is 52.1 Å². The predicted molar refractivity (Wildman–Crippen MR) is 261 cm³/mol. The van der Waals surface area contributed by atoms with Gasteiger partial charge in [0.15, 0.2) is 46.0 Å². The molecule has 71 heavy (non-hydrogen) atoms. The van der Waals surface area contributed by atoms with Crippen LogP contribution >= 0.6 is 0 Å². The summed E-state index contributed by atoms with van der Waals surface area (Å²) < 4.78 is 60.6. The molecular formula is C55H68N2O14. The molecule has 16 heteroatoms.